The van der Waals surface area contributed by atoms with Gasteiger partial charge < -0.3 is 10.6 Å². The van der Waals surface area contributed by atoms with Crippen LogP contribution in [0.4, 0.5) is 5.82 Å². The topological polar surface area (TPSA) is 80.8 Å². The maximum Gasteiger partial charge on any atom is 0.147 e. The molecular weight excluding hydrogens is 360 g/mol. The van der Waals surface area contributed by atoms with E-state index in [1.54, 1.807) is 6.20 Å². The molecule has 7 heteroatoms. The molecule has 1 saturated carbocycles. The Morgan fingerprint density at radius 1 is 1.04 bits per heavy atom. The predicted molar refractivity (Wildman–Crippen MR) is 110 cm³/mol. The van der Waals surface area contributed by atoms with Crippen molar-refractivity contribution in [3.05, 3.63) is 28.9 Å². The van der Waals surface area contributed by atoms with Crippen molar-refractivity contribution in [3.8, 4) is 11.4 Å². The summed E-state index contributed by atoms with van der Waals surface area (Å²) in [6.45, 7) is 5.86. The van der Waals surface area contributed by atoms with E-state index in [0.29, 0.717) is 16.6 Å². The summed E-state index contributed by atoms with van der Waals surface area (Å²) in [7, 11) is 0. The number of halogens is 1. The first-order valence-electron chi connectivity index (χ1n) is 9.32. The fourth-order valence-electron chi connectivity index (χ4n) is 4.51. The largest absolute Gasteiger partial charge is 0.355 e. The molecule has 2 aromatic rings. The van der Waals surface area contributed by atoms with Crippen LogP contribution in [0, 0.1) is 19.3 Å². The Balaban J connectivity index is 0.00000210. The molecule has 146 valence electrons. The zero-order valence-electron chi connectivity index (χ0n) is 15.4. The molecule has 0 amide bonds. The van der Waals surface area contributed by atoms with E-state index in [9.17, 15) is 0 Å². The molecule has 2 aliphatic rings. The summed E-state index contributed by atoms with van der Waals surface area (Å²) in [5.74, 6) is 0.937. The van der Waals surface area contributed by atoms with Crippen molar-refractivity contribution >= 4 is 17.4 Å². The summed E-state index contributed by atoms with van der Waals surface area (Å²) >= 11 is 5.91. The number of anilines is 1. The number of nitrogens with two attached hydrogens (primary N) is 1. The lowest BCUT2D eigenvalue weighted by atomic mass is 9.74. The summed E-state index contributed by atoms with van der Waals surface area (Å²) in [6, 6.07) is 0.367. The van der Waals surface area contributed by atoms with Crippen molar-refractivity contribution in [1.29, 1.82) is 0 Å². The molecule has 2 fully saturated rings. The van der Waals surface area contributed by atoms with Gasteiger partial charge >= 0.3 is 0 Å². The third kappa shape index (κ3) is 3.65. The van der Waals surface area contributed by atoms with Crippen LogP contribution in [0.25, 0.3) is 11.4 Å². The Morgan fingerprint density at radius 2 is 1.67 bits per heavy atom. The zero-order chi connectivity index (χ0) is 18.3. The molecule has 0 aromatic carbocycles. The second-order valence-electron chi connectivity index (χ2n) is 7.64. The molecule has 27 heavy (non-hydrogen) atoms. The van der Waals surface area contributed by atoms with Gasteiger partial charge in [-0.25, -0.2) is 19.9 Å². The van der Waals surface area contributed by atoms with E-state index < -0.39 is 0 Å². The van der Waals surface area contributed by atoms with Crippen molar-refractivity contribution in [2.75, 3.05) is 18.0 Å². The molecule has 0 unspecified atom stereocenters. The number of aryl methyl sites for hydroxylation is 2. The van der Waals surface area contributed by atoms with Crippen LogP contribution in [-0.2, 0) is 0 Å². The van der Waals surface area contributed by atoms with Gasteiger partial charge in [-0.2, -0.15) is 0 Å². The zero-order valence-corrected chi connectivity index (χ0v) is 16.1. The van der Waals surface area contributed by atoms with Gasteiger partial charge in [-0.3, -0.25) is 0 Å². The number of aromatic nitrogens is 4. The Kier molecular flexibility index (Phi) is 5.68. The van der Waals surface area contributed by atoms with E-state index in [0.717, 1.165) is 54.5 Å². The van der Waals surface area contributed by atoms with Crippen molar-refractivity contribution in [2.45, 2.75) is 59.4 Å². The highest BCUT2D eigenvalue weighted by molar-refractivity contribution is 6.29. The second-order valence-corrected chi connectivity index (χ2v) is 8.02. The highest BCUT2D eigenvalue weighted by Crippen LogP contribution is 2.45. The third-order valence-electron chi connectivity index (χ3n) is 6.14. The van der Waals surface area contributed by atoms with E-state index in [-0.39, 0.29) is 7.43 Å². The van der Waals surface area contributed by atoms with Crippen molar-refractivity contribution in [2.24, 2.45) is 11.1 Å². The monoisotopic (exact) mass is 388 g/mol. The highest BCUT2D eigenvalue weighted by atomic mass is 35.5. The minimum absolute atomic E-state index is 0. The van der Waals surface area contributed by atoms with Crippen molar-refractivity contribution in [1.82, 2.24) is 19.9 Å². The summed E-state index contributed by atoms with van der Waals surface area (Å²) in [5, 5.41) is 0.390. The average Bonchev–Trinajstić information content (AvgIpc) is 2.96. The number of hydrogen-bond acceptors (Lipinski definition) is 6. The van der Waals surface area contributed by atoms with Gasteiger partial charge in [0.25, 0.3) is 0 Å². The first kappa shape index (κ1) is 20.0. The van der Waals surface area contributed by atoms with Crippen LogP contribution in [-0.4, -0.2) is 39.1 Å². The Morgan fingerprint density at radius 3 is 2.22 bits per heavy atom. The predicted octanol–water partition coefficient (Wildman–Crippen LogP) is 3.94. The number of hydrogen-bond donors (Lipinski definition) is 1. The maximum absolute atomic E-state index is 6.39. The molecule has 2 N–H and O–H groups in total. The number of piperidine rings is 1. The van der Waals surface area contributed by atoms with E-state index >= 15 is 0 Å². The summed E-state index contributed by atoms with van der Waals surface area (Å²) < 4.78 is 0. The lowest BCUT2D eigenvalue weighted by molar-refractivity contribution is 0.197. The van der Waals surface area contributed by atoms with E-state index in [1.165, 1.54) is 19.3 Å². The fourth-order valence-corrected chi connectivity index (χ4v) is 4.68. The molecule has 0 radical (unpaired) electrons. The second kappa shape index (κ2) is 7.68. The smallest absolute Gasteiger partial charge is 0.147 e. The van der Waals surface area contributed by atoms with Crippen LogP contribution in [0.2, 0.25) is 5.15 Å². The van der Waals surface area contributed by atoms with Gasteiger partial charge in [0.1, 0.15) is 22.4 Å². The minimum Gasteiger partial charge on any atom is -0.355 e. The van der Waals surface area contributed by atoms with Gasteiger partial charge in [0.05, 0.1) is 23.8 Å². The van der Waals surface area contributed by atoms with Crippen LogP contribution in [0.15, 0.2) is 12.4 Å². The van der Waals surface area contributed by atoms with Crippen LogP contribution in [0.5, 0.6) is 0 Å². The maximum atomic E-state index is 6.39. The molecule has 1 atom stereocenters. The molecule has 1 saturated heterocycles. The van der Waals surface area contributed by atoms with Crippen LogP contribution in [0.3, 0.4) is 0 Å². The normalized spacial score (nSPS) is 21.3. The van der Waals surface area contributed by atoms with E-state index in [1.807, 2.05) is 20.0 Å². The molecular formula is C20H29ClN6. The Hall–Kier alpha value is -1.79. The van der Waals surface area contributed by atoms with Gasteiger partial charge in [-0.1, -0.05) is 25.4 Å². The molecule has 1 aliphatic heterocycles. The molecule has 4 rings (SSSR count). The molecule has 1 spiro atoms. The SMILES string of the molecule is C.Cc1nc(Cl)cnc1-c1ncc(N2CCC3(CCC[C@H]3N)CC2)nc1C. The Bertz CT molecular complexity index is 816. The van der Waals surface area contributed by atoms with E-state index in [2.05, 4.69) is 19.9 Å². The molecule has 0 bridgehead atoms. The lowest BCUT2D eigenvalue weighted by Crippen LogP contribution is -2.47. The fraction of sp³-hybridized carbons (Fsp3) is 0.600. The molecule has 2 aromatic heterocycles. The van der Waals surface area contributed by atoms with Crippen LogP contribution < -0.4 is 10.6 Å². The standard InChI is InChI=1S/C19H25ClN6.CH4/c1-12-17(22-10-15(20)24-12)18-13(2)25-16(11-23-18)26-8-6-19(7-9-26)5-3-4-14(19)21;/h10-11,14H,3-9,21H2,1-2H3;1H4/t14-;/m1./s1. The highest BCUT2D eigenvalue weighted by Gasteiger charge is 2.43. The molecule has 3 heterocycles. The third-order valence-corrected chi connectivity index (χ3v) is 6.32. The number of nitrogens with zero attached hydrogens (tertiary/aromatic N) is 5. The van der Waals surface area contributed by atoms with Gasteiger partial charge in [-0.15, -0.1) is 0 Å². The lowest BCUT2D eigenvalue weighted by Gasteiger charge is -2.42. The van der Waals surface area contributed by atoms with Gasteiger partial charge in [0.15, 0.2) is 0 Å². The van der Waals surface area contributed by atoms with Crippen LogP contribution in [0.1, 0.15) is 50.9 Å². The van der Waals surface area contributed by atoms with E-state index in [4.69, 9.17) is 22.3 Å². The van der Waals surface area contributed by atoms with Crippen molar-refractivity contribution in [3.63, 3.8) is 0 Å². The summed E-state index contributed by atoms with van der Waals surface area (Å²) in [4.78, 5) is 20.4. The quantitative estimate of drug-likeness (QED) is 0.839. The van der Waals surface area contributed by atoms with Gasteiger partial charge in [0.2, 0.25) is 0 Å². The Labute approximate surface area is 166 Å². The van der Waals surface area contributed by atoms with Gasteiger partial charge in [0, 0.05) is 19.1 Å². The minimum atomic E-state index is 0. The molecule has 1 aliphatic carbocycles. The van der Waals surface area contributed by atoms with Gasteiger partial charge in [-0.05, 0) is 44.9 Å². The summed E-state index contributed by atoms with van der Waals surface area (Å²) in [5.41, 5.74) is 9.87. The van der Waals surface area contributed by atoms with Crippen LogP contribution >= 0.6 is 11.6 Å². The first-order chi connectivity index (χ1) is 12.5. The van der Waals surface area contributed by atoms with Crippen molar-refractivity contribution < 1.29 is 0 Å². The summed E-state index contributed by atoms with van der Waals surface area (Å²) in [6.07, 6.45) is 9.43. The first-order valence-corrected chi connectivity index (χ1v) is 9.70. The average molecular weight is 389 g/mol. The molecule has 6 nitrogen and oxygen atoms in total. The number of rotatable bonds is 2.